The van der Waals surface area contributed by atoms with Crippen LogP contribution in [0.15, 0.2) is 0 Å². The maximum Gasteiger partial charge on any atom is 0.200 e. The molecular formula is C33H24BF20O3-. The molecule has 0 amide bonds. The van der Waals surface area contributed by atoms with Crippen molar-refractivity contribution < 1.29 is 103 Å². The Hall–Kier alpha value is -4.58. The van der Waals surface area contributed by atoms with Gasteiger partial charge in [-0.3, -0.25) is 0 Å². The lowest BCUT2D eigenvalue weighted by molar-refractivity contribution is 0.215. The van der Waals surface area contributed by atoms with E-state index in [-0.39, 0.29) is 18.3 Å². The summed E-state index contributed by atoms with van der Waals surface area (Å²) < 4.78 is 294. The molecule has 0 spiro atoms. The second-order valence-electron chi connectivity index (χ2n) is 12.1. The van der Waals surface area contributed by atoms with Gasteiger partial charge in [0, 0.05) is 18.3 Å². The van der Waals surface area contributed by atoms with E-state index >= 15 is 35.1 Å². The van der Waals surface area contributed by atoms with Crippen molar-refractivity contribution in [1.29, 1.82) is 0 Å². The molecule has 3 nitrogen and oxygen atoms in total. The third kappa shape index (κ3) is 9.43. The lowest BCUT2D eigenvalue weighted by atomic mass is 9.12. The van der Waals surface area contributed by atoms with E-state index in [0.717, 1.165) is 0 Å². The van der Waals surface area contributed by atoms with E-state index in [4.69, 9.17) is 15.3 Å². The Bertz CT molecular complexity index is 1720. The number of aliphatic hydroxyl groups excluding tert-OH is 3. The lowest BCUT2D eigenvalue weighted by Crippen LogP contribution is -2.81. The molecule has 4 rings (SSSR count). The summed E-state index contributed by atoms with van der Waals surface area (Å²) >= 11 is 0. The van der Waals surface area contributed by atoms with Crippen LogP contribution < -0.4 is 21.9 Å². The molecule has 0 bridgehead atoms. The van der Waals surface area contributed by atoms with Crippen molar-refractivity contribution in [2.75, 3.05) is 0 Å². The number of hydrogen-bond acceptors (Lipinski definition) is 3. The summed E-state index contributed by atoms with van der Waals surface area (Å²) in [6.07, 6.45) is -7.72. The van der Waals surface area contributed by atoms with Gasteiger partial charge in [-0.05, 0) is 41.5 Å². The average Bonchev–Trinajstić information content (AvgIpc) is 3.10. The average molecular weight is 859 g/mol. The van der Waals surface area contributed by atoms with E-state index in [2.05, 4.69) is 0 Å². The van der Waals surface area contributed by atoms with Crippen LogP contribution in [0.5, 0.6) is 0 Å². The molecule has 0 fully saturated rings. The fourth-order valence-corrected chi connectivity index (χ4v) is 4.87. The summed E-state index contributed by atoms with van der Waals surface area (Å²) in [6, 6.07) is 0. The highest BCUT2D eigenvalue weighted by Gasteiger charge is 2.52. The Balaban J connectivity index is 0.00000119. The Morgan fingerprint density at radius 1 is 0.228 bits per heavy atom. The summed E-state index contributed by atoms with van der Waals surface area (Å²) in [5.41, 5.74) is -14.3. The Morgan fingerprint density at radius 2 is 0.298 bits per heavy atom. The molecule has 0 atom stereocenters. The maximum absolute atomic E-state index is 15.4. The Morgan fingerprint density at radius 3 is 0.386 bits per heavy atom. The highest BCUT2D eigenvalue weighted by Crippen LogP contribution is 2.30. The van der Waals surface area contributed by atoms with Crippen LogP contribution in [-0.4, -0.2) is 39.8 Å². The molecule has 0 radical (unpaired) electrons. The minimum Gasteiger partial charge on any atom is -0.394 e. The van der Waals surface area contributed by atoms with Crippen LogP contribution in [0.25, 0.3) is 0 Å². The third-order valence-electron chi connectivity index (χ3n) is 6.71. The van der Waals surface area contributed by atoms with Crippen molar-refractivity contribution in [3.63, 3.8) is 0 Å². The molecule has 24 heteroatoms. The molecule has 3 N–H and O–H groups in total. The molecule has 318 valence electrons. The molecule has 0 aliphatic heterocycles. The van der Waals surface area contributed by atoms with Gasteiger partial charge in [0.2, 0.25) is 0 Å². The third-order valence-corrected chi connectivity index (χ3v) is 6.71. The van der Waals surface area contributed by atoms with Crippen molar-refractivity contribution in [3.05, 3.63) is 116 Å². The Labute approximate surface area is 307 Å². The van der Waals surface area contributed by atoms with Crippen LogP contribution in [-0.2, 0) is 0 Å². The molecule has 57 heavy (non-hydrogen) atoms. The molecule has 0 saturated heterocycles. The predicted octanol–water partition coefficient (Wildman–Crippen LogP) is 7.01. The van der Waals surface area contributed by atoms with Gasteiger partial charge in [-0.25, -0.2) is 87.8 Å². The summed E-state index contributed by atoms with van der Waals surface area (Å²) in [6.45, 7) is 10.3. The number of benzene rings is 4. The number of rotatable bonds is 4. The zero-order valence-corrected chi connectivity index (χ0v) is 29.2. The zero-order chi connectivity index (χ0) is 45.1. The normalized spacial score (nSPS) is 11.4. The predicted molar refractivity (Wildman–Crippen MR) is 161 cm³/mol. The second-order valence-corrected chi connectivity index (χ2v) is 12.1. The smallest absolute Gasteiger partial charge is 0.200 e. The maximum atomic E-state index is 15.4. The second kappa shape index (κ2) is 19.2. The molecule has 4 aromatic carbocycles. The highest BCUT2D eigenvalue weighted by molar-refractivity contribution is 7.20. The van der Waals surface area contributed by atoms with Gasteiger partial charge < -0.3 is 15.3 Å². The van der Waals surface area contributed by atoms with E-state index in [1.54, 1.807) is 41.5 Å². The van der Waals surface area contributed by atoms with Gasteiger partial charge in [-0.15, -0.1) is 21.9 Å². The van der Waals surface area contributed by atoms with Gasteiger partial charge in [0.1, 0.15) is 52.7 Å². The molecule has 0 aliphatic carbocycles. The first-order valence-electron chi connectivity index (χ1n) is 15.2. The number of hydrogen-bond donors (Lipinski definition) is 3. The van der Waals surface area contributed by atoms with Gasteiger partial charge >= 0.3 is 0 Å². The number of aliphatic hydroxyl groups is 3. The van der Waals surface area contributed by atoms with Gasteiger partial charge in [0.15, 0.2) is 69.8 Å². The summed E-state index contributed by atoms with van der Waals surface area (Å²) in [7, 11) is 0. The zero-order valence-electron chi connectivity index (χ0n) is 29.2. The van der Waals surface area contributed by atoms with Gasteiger partial charge in [-0.1, -0.05) is 0 Å². The molecule has 4 aromatic rings. The quantitative estimate of drug-likeness (QED) is 0.0898. The van der Waals surface area contributed by atoms with E-state index in [1.807, 2.05) is 0 Å². The summed E-state index contributed by atoms with van der Waals surface area (Å²) in [5.74, 6) is -71.4. The fraction of sp³-hybridized carbons (Fsp3) is 0.273. The van der Waals surface area contributed by atoms with Crippen LogP contribution in [0.4, 0.5) is 87.8 Å². The van der Waals surface area contributed by atoms with Gasteiger partial charge in [0.05, 0.1) is 0 Å². The standard InChI is InChI=1S/C24BF20.3C3H8O/c26-5-1(6(27)14(35)21(42)13(5)34)25(2-7(28)15(36)22(43)16(37)8(2)29,3-9(30)17(38)23(44)18(39)10(3)31)4-11(32)19(40)24(45)20(41)12(4)33;3*1-3(2)4/h;3*3-4H,1-2H3/q-1;;;. The van der Waals surface area contributed by atoms with Crippen LogP contribution >= 0.6 is 0 Å². The fourth-order valence-electron chi connectivity index (χ4n) is 4.87. The van der Waals surface area contributed by atoms with Crippen molar-refractivity contribution >= 4 is 28.0 Å². The molecule has 0 aromatic heterocycles. The topological polar surface area (TPSA) is 60.7 Å². The first-order chi connectivity index (χ1) is 25.9. The molecule has 0 aliphatic rings. The van der Waals surface area contributed by atoms with Crippen molar-refractivity contribution in [1.82, 2.24) is 0 Å². The lowest BCUT2D eigenvalue weighted by Gasteiger charge is -2.44. The van der Waals surface area contributed by atoms with Gasteiger partial charge in [0.25, 0.3) is 0 Å². The van der Waals surface area contributed by atoms with Crippen LogP contribution in [0, 0.1) is 116 Å². The Kier molecular flexibility index (Phi) is 17.0. The first kappa shape index (κ1) is 50.4. The van der Waals surface area contributed by atoms with Crippen molar-refractivity contribution in [2.45, 2.75) is 59.9 Å². The minimum atomic E-state index is -7.22. The SMILES string of the molecule is CC(C)O.CC(C)O.CC(C)O.Fc1c(F)c(F)c([B-](c2c(F)c(F)c(F)c(F)c2F)(c2c(F)c(F)c(F)c(F)c2F)c2c(F)c(F)c(F)c(F)c2F)c(F)c1F. The molecule has 0 heterocycles. The molecular weight excluding hydrogens is 835 g/mol. The van der Waals surface area contributed by atoms with E-state index in [1.165, 1.54) is 0 Å². The summed E-state index contributed by atoms with van der Waals surface area (Å²) in [5, 5.41) is 24.2. The number of halogens is 20. The van der Waals surface area contributed by atoms with Crippen molar-refractivity contribution in [3.8, 4) is 0 Å². The van der Waals surface area contributed by atoms with Crippen molar-refractivity contribution in [2.24, 2.45) is 0 Å². The van der Waals surface area contributed by atoms with Crippen LogP contribution in [0.3, 0.4) is 0 Å². The highest BCUT2D eigenvalue weighted by atomic mass is 19.2. The monoisotopic (exact) mass is 859 g/mol. The summed E-state index contributed by atoms with van der Waals surface area (Å²) in [4.78, 5) is 0. The van der Waals surface area contributed by atoms with E-state index in [9.17, 15) is 52.7 Å². The van der Waals surface area contributed by atoms with Crippen LogP contribution in [0.1, 0.15) is 41.5 Å². The molecule has 0 saturated carbocycles. The van der Waals surface area contributed by atoms with Gasteiger partial charge in [-0.2, -0.15) is 0 Å². The molecule has 0 unspecified atom stereocenters. The van der Waals surface area contributed by atoms with E-state index < -0.39 is 144 Å². The first-order valence-corrected chi connectivity index (χ1v) is 15.2. The largest absolute Gasteiger partial charge is 0.394 e. The van der Waals surface area contributed by atoms with E-state index in [0.29, 0.717) is 0 Å². The minimum absolute atomic E-state index is 0.167. The van der Waals surface area contributed by atoms with Crippen LogP contribution in [0.2, 0.25) is 0 Å².